The Bertz CT molecular complexity index is 625. The van der Waals surface area contributed by atoms with Crippen LogP contribution in [0.5, 0.6) is 0 Å². The minimum absolute atomic E-state index is 0.204. The molecule has 4 fully saturated rings. The van der Waals surface area contributed by atoms with Gasteiger partial charge in [0, 0.05) is 38.5 Å². The van der Waals surface area contributed by atoms with Crippen molar-refractivity contribution in [2.45, 2.75) is 81.9 Å². The molecule has 0 radical (unpaired) electrons. The normalized spacial score (nSPS) is 35.8. The predicted octanol–water partition coefficient (Wildman–Crippen LogP) is 5.11. The van der Waals surface area contributed by atoms with Gasteiger partial charge in [-0.25, -0.2) is 0 Å². The van der Waals surface area contributed by atoms with Gasteiger partial charge in [-0.2, -0.15) is 0 Å². The van der Waals surface area contributed by atoms with Crippen molar-refractivity contribution in [1.29, 1.82) is 0 Å². The number of anilines is 1. The third-order valence-electron chi connectivity index (χ3n) is 8.75. The smallest absolute Gasteiger partial charge is 0.0820 e. The summed E-state index contributed by atoms with van der Waals surface area (Å²) in [4.78, 5) is 5.56. The molecule has 5 rings (SSSR count). The summed E-state index contributed by atoms with van der Waals surface area (Å²) in [7, 11) is 1.93. The first-order valence-electron chi connectivity index (χ1n) is 11.9. The van der Waals surface area contributed by atoms with Gasteiger partial charge in [-0.15, -0.1) is 0 Å². The van der Waals surface area contributed by atoms with E-state index in [1.807, 2.05) is 7.11 Å². The molecule has 4 aliphatic rings. The van der Waals surface area contributed by atoms with Gasteiger partial charge < -0.3 is 14.5 Å². The van der Waals surface area contributed by atoms with E-state index in [0.29, 0.717) is 6.10 Å². The van der Waals surface area contributed by atoms with Crippen molar-refractivity contribution in [3.05, 3.63) is 30.3 Å². The molecule has 1 aromatic carbocycles. The minimum atomic E-state index is 0.204. The quantitative estimate of drug-likeness (QED) is 0.723. The number of hydrogen-bond donors (Lipinski definition) is 0. The first-order valence-corrected chi connectivity index (χ1v) is 11.9. The summed E-state index contributed by atoms with van der Waals surface area (Å²) in [5.41, 5.74) is 1.59. The Hall–Kier alpha value is -1.06. The number of methoxy groups -OCH3 is 1. The highest BCUT2D eigenvalue weighted by Gasteiger charge is 2.51. The van der Waals surface area contributed by atoms with Crippen molar-refractivity contribution < 1.29 is 4.74 Å². The predicted molar refractivity (Wildman–Crippen MR) is 116 cm³/mol. The Balaban J connectivity index is 1.28. The lowest BCUT2D eigenvalue weighted by Crippen LogP contribution is -2.59. The van der Waals surface area contributed by atoms with Gasteiger partial charge >= 0.3 is 0 Å². The van der Waals surface area contributed by atoms with Gasteiger partial charge in [0.25, 0.3) is 0 Å². The maximum absolute atomic E-state index is 6.05. The van der Waals surface area contributed by atoms with Crippen LogP contribution in [0.15, 0.2) is 30.3 Å². The zero-order valence-corrected chi connectivity index (χ0v) is 17.7. The SMILES string of the molecule is COC1CCN(c2ccccc2)C12CCN(C1CC3CCCCCC3C1)CC2. The molecule has 0 aromatic heterocycles. The lowest BCUT2D eigenvalue weighted by atomic mass is 9.81. The van der Waals surface area contributed by atoms with E-state index in [4.69, 9.17) is 4.74 Å². The molecule has 28 heavy (non-hydrogen) atoms. The molecule has 2 aliphatic heterocycles. The molecule has 1 aromatic rings. The molecule has 0 bridgehead atoms. The van der Waals surface area contributed by atoms with E-state index in [1.165, 1.54) is 83.0 Å². The number of piperidine rings is 1. The van der Waals surface area contributed by atoms with Crippen LogP contribution in [-0.4, -0.2) is 49.3 Å². The molecule has 3 unspecified atom stereocenters. The average Bonchev–Trinajstić information content (AvgIpc) is 3.23. The summed E-state index contributed by atoms with van der Waals surface area (Å²) >= 11 is 0. The topological polar surface area (TPSA) is 15.7 Å². The van der Waals surface area contributed by atoms with Crippen LogP contribution in [0.3, 0.4) is 0 Å². The maximum Gasteiger partial charge on any atom is 0.0820 e. The Morgan fingerprint density at radius 3 is 2.18 bits per heavy atom. The summed E-state index contributed by atoms with van der Waals surface area (Å²) < 4.78 is 6.05. The van der Waals surface area contributed by atoms with Gasteiger partial charge in [-0.05, 0) is 56.1 Å². The van der Waals surface area contributed by atoms with E-state index >= 15 is 0 Å². The Labute approximate surface area is 171 Å². The average molecular weight is 383 g/mol. The van der Waals surface area contributed by atoms with Crippen molar-refractivity contribution >= 4 is 5.69 Å². The third-order valence-corrected chi connectivity index (χ3v) is 8.75. The molecule has 154 valence electrons. The molecule has 3 atom stereocenters. The second-order valence-corrected chi connectivity index (χ2v) is 9.92. The number of para-hydroxylation sites is 1. The van der Waals surface area contributed by atoms with E-state index in [0.717, 1.165) is 24.4 Å². The molecule has 2 saturated heterocycles. The van der Waals surface area contributed by atoms with Crippen molar-refractivity contribution in [3.8, 4) is 0 Å². The van der Waals surface area contributed by atoms with E-state index in [9.17, 15) is 0 Å². The number of ether oxygens (including phenoxy) is 1. The van der Waals surface area contributed by atoms with Gasteiger partial charge in [-0.3, -0.25) is 0 Å². The highest BCUT2D eigenvalue weighted by molar-refractivity contribution is 5.51. The molecular weight excluding hydrogens is 344 g/mol. The fourth-order valence-corrected chi connectivity index (χ4v) is 7.29. The minimum Gasteiger partial charge on any atom is -0.379 e. The van der Waals surface area contributed by atoms with E-state index in [2.05, 4.69) is 40.1 Å². The lowest BCUT2D eigenvalue weighted by molar-refractivity contribution is 0.0121. The van der Waals surface area contributed by atoms with Crippen LogP contribution < -0.4 is 4.90 Å². The molecule has 3 heteroatoms. The Morgan fingerprint density at radius 2 is 1.54 bits per heavy atom. The van der Waals surface area contributed by atoms with Crippen molar-refractivity contribution in [1.82, 2.24) is 4.90 Å². The Morgan fingerprint density at radius 1 is 0.857 bits per heavy atom. The molecule has 1 spiro atoms. The van der Waals surface area contributed by atoms with Gasteiger partial charge in [0.05, 0.1) is 11.6 Å². The van der Waals surface area contributed by atoms with Crippen LogP contribution >= 0.6 is 0 Å². The van der Waals surface area contributed by atoms with Gasteiger partial charge in [0.15, 0.2) is 0 Å². The molecule has 0 amide bonds. The molecule has 3 nitrogen and oxygen atoms in total. The van der Waals surface area contributed by atoms with Gasteiger partial charge in [0.2, 0.25) is 0 Å². The molecular formula is C25H38N2O. The number of rotatable bonds is 3. The van der Waals surface area contributed by atoms with Crippen LogP contribution in [0.1, 0.15) is 64.2 Å². The maximum atomic E-state index is 6.05. The van der Waals surface area contributed by atoms with Crippen molar-refractivity contribution in [2.75, 3.05) is 31.6 Å². The molecule has 2 aliphatic carbocycles. The number of nitrogens with zero attached hydrogens (tertiary/aromatic N) is 2. The number of likely N-dealkylation sites (tertiary alicyclic amines) is 1. The zero-order valence-electron chi connectivity index (χ0n) is 17.7. The fraction of sp³-hybridized carbons (Fsp3) is 0.760. The van der Waals surface area contributed by atoms with Crippen molar-refractivity contribution in [3.63, 3.8) is 0 Å². The molecule has 0 N–H and O–H groups in total. The van der Waals surface area contributed by atoms with Gasteiger partial charge in [0.1, 0.15) is 0 Å². The first kappa shape index (κ1) is 18.9. The summed E-state index contributed by atoms with van der Waals surface area (Å²) in [6.07, 6.45) is 14.5. The third kappa shape index (κ3) is 3.29. The molecule has 2 saturated carbocycles. The number of benzene rings is 1. The summed E-state index contributed by atoms with van der Waals surface area (Å²) in [5, 5.41) is 0. The Kier molecular flexibility index (Phi) is 5.40. The second kappa shape index (κ2) is 7.99. The highest BCUT2D eigenvalue weighted by Crippen LogP contribution is 2.47. The van der Waals surface area contributed by atoms with Crippen LogP contribution in [0.2, 0.25) is 0 Å². The van der Waals surface area contributed by atoms with Crippen LogP contribution in [0.4, 0.5) is 5.69 Å². The first-order chi connectivity index (χ1) is 13.8. The summed E-state index contributed by atoms with van der Waals surface area (Å²) in [6, 6.07) is 11.9. The van der Waals surface area contributed by atoms with E-state index < -0.39 is 0 Å². The lowest BCUT2D eigenvalue weighted by Gasteiger charge is -2.49. The van der Waals surface area contributed by atoms with Crippen molar-refractivity contribution in [2.24, 2.45) is 11.8 Å². The number of hydrogen-bond acceptors (Lipinski definition) is 3. The monoisotopic (exact) mass is 382 g/mol. The van der Waals surface area contributed by atoms with Gasteiger partial charge in [-0.1, -0.05) is 50.3 Å². The fourth-order valence-electron chi connectivity index (χ4n) is 7.29. The van der Waals surface area contributed by atoms with Crippen LogP contribution in [0.25, 0.3) is 0 Å². The highest BCUT2D eigenvalue weighted by atomic mass is 16.5. The second-order valence-electron chi connectivity index (χ2n) is 9.92. The molecule has 2 heterocycles. The summed E-state index contributed by atoms with van der Waals surface area (Å²) in [5.74, 6) is 2.06. The number of fused-ring (bicyclic) bond motifs is 1. The van der Waals surface area contributed by atoms with E-state index in [-0.39, 0.29) is 5.54 Å². The van der Waals surface area contributed by atoms with E-state index in [1.54, 1.807) is 0 Å². The zero-order chi connectivity index (χ0) is 19.0. The van der Waals surface area contributed by atoms with Crippen LogP contribution in [-0.2, 0) is 4.74 Å². The van der Waals surface area contributed by atoms with Crippen LogP contribution in [0, 0.1) is 11.8 Å². The summed E-state index contributed by atoms with van der Waals surface area (Å²) in [6.45, 7) is 3.65. The largest absolute Gasteiger partial charge is 0.379 e. The standard InChI is InChI=1S/C25H38N2O/c1-28-24-12-15-27(22-10-6-3-7-11-22)25(24)13-16-26(17-14-25)23-18-20-8-4-2-5-9-21(20)19-23/h3,6-7,10-11,20-21,23-24H,2,4-5,8-9,12-19H2,1H3.